The number of para-hydroxylation sites is 1. The molecule has 28 heavy (non-hydrogen) atoms. The zero-order chi connectivity index (χ0) is 19.3. The molecule has 1 aliphatic rings. The van der Waals surface area contributed by atoms with Gasteiger partial charge in [-0.05, 0) is 48.2 Å². The molecule has 3 nitrogen and oxygen atoms in total. The Balaban J connectivity index is 1.63. The van der Waals surface area contributed by atoms with E-state index in [-0.39, 0.29) is 11.9 Å². The average Bonchev–Trinajstić information content (AvgIpc) is 2.75. The van der Waals surface area contributed by atoms with E-state index >= 15 is 0 Å². The van der Waals surface area contributed by atoms with Gasteiger partial charge in [-0.15, -0.1) is 0 Å². The molecule has 1 N–H and O–H groups in total. The van der Waals surface area contributed by atoms with Gasteiger partial charge in [0.15, 0.2) is 11.9 Å². The quantitative estimate of drug-likeness (QED) is 0.593. The maximum Gasteiger partial charge on any atom is 0.192 e. The minimum atomic E-state index is -0.473. The van der Waals surface area contributed by atoms with Crippen LogP contribution in [0.3, 0.4) is 0 Å². The number of anilines is 1. The highest BCUT2D eigenvalue weighted by Crippen LogP contribution is 2.36. The van der Waals surface area contributed by atoms with Crippen molar-refractivity contribution < 1.29 is 9.53 Å². The van der Waals surface area contributed by atoms with Crippen LogP contribution in [0.2, 0.25) is 0 Å². The first kappa shape index (κ1) is 18.3. The second kappa shape index (κ2) is 8.30. The van der Waals surface area contributed by atoms with Crippen molar-refractivity contribution in [1.29, 1.82) is 0 Å². The van der Waals surface area contributed by atoms with Gasteiger partial charge in [-0.25, -0.2) is 0 Å². The minimum Gasteiger partial charge on any atom is -0.482 e. The van der Waals surface area contributed by atoms with Crippen molar-refractivity contribution in [1.82, 2.24) is 0 Å². The molecule has 0 saturated heterocycles. The second-order valence-electron chi connectivity index (χ2n) is 7.23. The molecule has 2 atom stereocenters. The molecule has 0 bridgehead atoms. The molecule has 1 heterocycles. The topological polar surface area (TPSA) is 38.3 Å². The van der Waals surface area contributed by atoms with Crippen LogP contribution in [-0.4, -0.2) is 11.8 Å². The molecular weight excluding hydrogens is 346 g/mol. The van der Waals surface area contributed by atoms with Gasteiger partial charge in [0.2, 0.25) is 0 Å². The third-order valence-electron chi connectivity index (χ3n) is 5.21. The van der Waals surface area contributed by atoms with Gasteiger partial charge in [-0.1, -0.05) is 67.9 Å². The standard InChI is InChI=1S/C25H25NO2/c1-2-3-9-18-14-16-20(17-15-18)26-23-24(27)21-12-7-8-13-22(21)28-25(23)19-10-5-4-6-11-19/h4-8,10-17,23,25-26H,2-3,9H2,1H3. The molecule has 2 unspecified atom stereocenters. The summed E-state index contributed by atoms with van der Waals surface area (Å²) < 4.78 is 6.27. The van der Waals surface area contributed by atoms with E-state index in [9.17, 15) is 4.79 Å². The molecule has 0 radical (unpaired) electrons. The van der Waals surface area contributed by atoms with Crippen LogP contribution >= 0.6 is 0 Å². The lowest BCUT2D eigenvalue weighted by molar-refractivity contribution is 0.0812. The Bertz CT molecular complexity index is 934. The monoisotopic (exact) mass is 371 g/mol. The third kappa shape index (κ3) is 3.79. The van der Waals surface area contributed by atoms with Gasteiger partial charge >= 0.3 is 0 Å². The Labute approximate surface area is 166 Å². The van der Waals surface area contributed by atoms with Crippen molar-refractivity contribution in [3.63, 3.8) is 0 Å². The van der Waals surface area contributed by atoms with E-state index in [1.165, 1.54) is 18.4 Å². The number of ether oxygens (including phenoxy) is 1. The number of rotatable bonds is 6. The number of nitrogens with one attached hydrogen (secondary N) is 1. The fourth-order valence-corrected chi connectivity index (χ4v) is 3.66. The lowest BCUT2D eigenvalue weighted by Gasteiger charge is -2.33. The van der Waals surface area contributed by atoms with Gasteiger partial charge < -0.3 is 10.1 Å². The number of hydrogen-bond donors (Lipinski definition) is 1. The van der Waals surface area contributed by atoms with Gasteiger partial charge in [0.05, 0.1) is 5.56 Å². The first-order chi connectivity index (χ1) is 13.8. The lowest BCUT2D eigenvalue weighted by Crippen LogP contribution is -2.42. The molecule has 1 aliphatic heterocycles. The van der Waals surface area contributed by atoms with Gasteiger partial charge in [-0.3, -0.25) is 4.79 Å². The highest BCUT2D eigenvalue weighted by atomic mass is 16.5. The van der Waals surface area contributed by atoms with E-state index in [1.54, 1.807) is 0 Å². The van der Waals surface area contributed by atoms with Crippen molar-refractivity contribution in [2.24, 2.45) is 0 Å². The maximum atomic E-state index is 13.3. The number of carbonyl (C=O) groups excluding carboxylic acids is 1. The minimum absolute atomic E-state index is 0.0609. The zero-order valence-corrected chi connectivity index (χ0v) is 16.1. The van der Waals surface area contributed by atoms with Crippen molar-refractivity contribution in [3.05, 3.63) is 95.6 Å². The number of hydrogen-bond acceptors (Lipinski definition) is 3. The van der Waals surface area contributed by atoms with Crippen LogP contribution < -0.4 is 10.1 Å². The molecule has 0 spiro atoms. The number of aryl methyl sites for hydroxylation is 1. The highest BCUT2D eigenvalue weighted by Gasteiger charge is 2.38. The van der Waals surface area contributed by atoms with E-state index in [0.717, 1.165) is 17.7 Å². The van der Waals surface area contributed by atoms with Crippen LogP contribution in [0, 0.1) is 0 Å². The molecule has 3 heteroatoms. The Hall–Kier alpha value is -3.07. The first-order valence-corrected chi connectivity index (χ1v) is 9.96. The summed E-state index contributed by atoms with van der Waals surface area (Å²) in [5.74, 6) is 0.708. The van der Waals surface area contributed by atoms with E-state index in [0.29, 0.717) is 11.3 Å². The smallest absolute Gasteiger partial charge is 0.192 e. The number of unbranched alkanes of at least 4 members (excludes halogenated alkanes) is 1. The van der Waals surface area contributed by atoms with E-state index in [4.69, 9.17) is 4.74 Å². The first-order valence-electron chi connectivity index (χ1n) is 9.96. The Morgan fingerprint density at radius 1 is 0.893 bits per heavy atom. The van der Waals surface area contributed by atoms with Gasteiger partial charge in [-0.2, -0.15) is 0 Å². The molecule has 0 aromatic heterocycles. The SMILES string of the molecule is CCCCc1ccc(NC2C(=O)c3ccccc3OC2c2ccccc2)cc1. The number of Topliss-reactive ketones (excluding diaryl/α,β-unsaturated/α-hetero) is 1. The van der Waals surface area contributed by atoms with Crippen molar-refractivity contribution >= 4 is 11.5 Å². The average molecular weight is 371 g/mol. The summed E-state index contributed by atoms with van der Waals surface area (Å²) in [5.41, 5.74) is 3.88. The summed E-state index contributed by atoms with van der Waals surface area (Å²) in [6, 6.07) is 25.3. The number of ketones is 1. The Morgan fingerprint density at radius 2 is 1.61 bits per heavy atom. The molecule has 0 saturated carbocycles. The molecule has 142 valence electrons. The molecule has 0 fully saturated rings. The molecular formula is C25H25NO2. The summed E-state index contributed by atoms with van der Waals surface area (Å²) in [7, 11) is 0. The molecule has 3 aromatic carbocycles. The number of carbonyl (C=O) groups is 1. The molecule has 3 aromatic rings. The summed E-state index contributed by atoms with van der Waals surface area (Å²) in [6.45, 7) is 2.20. The molecule has 0 amide bonds. The van der Waals surface area contributed by atoms with Crippen molar-refractivity contribution in [3.8, 4) is 5.75 Å². The van der Waals surface area contributed by atoms with Crippen molar-refractivity contribution in [2.75, 3.05) is 5.32 Å². The van der Waals surface area contributed by atoms with E-state index in [2.05, 4.69) is 36.5 Å². The van der Waals surface area contributed by atoms with E-state index < -0.39 is 6.04 Å². The Morgan fingerprint density at radius 3 is 2.36 bits per heavy atom. The van der Waals surface area contributed by atoms with Crippen LogP contribution in [0.1, 0.15) is 47.4 Å². The van der Waals surface area contributed by atoms with Gasteiger partial charge in [0, 0.05) is 5.69 Å². The van der Waals surface area contributed by atoms with Crippen LogP contribution in [0.25, 0.3) is 0 Å². The zero-order valence-electron chi connectivity index (χ0n) is 16.1. The molecule has 0 aliphatic carbocycles. The normalized spacial score (nSPS) is 18.2. The third-order valence-corrected chi connectivity index (χ3v) is 5.21. The number of fused-ring (bicyclic) bond motifs is 1. The predicted octanol–water partition coefficient (Wildman–Crippen LogP) is 5.83. The second-order valence-corrected chi connectivity index (χ2v) is 7.23. The fourth-order valence-electron chi connectivity index (χ4n) is 3.66. The highest BCUT2D eigenvalue weighted by molar-refractivity contribution is 6.05. The van der Waals surface area contributed by atoms with Crippen LogP contribution in [0.4, 0.5) is 5.69 Å². The van der Waals surface area contributed by atoms with Crippen LogP contribution in [-0.2, 0) is 6.42 Å². The summed E-state index contributed by atoms with van der Waals surface area (Å²) in [4.78, 5) is 13.3. The fraction of sp³-hybridized carbons (Fsp3) is 0.240. The largest absolute Gasteiger partial charge is 0.482 e. The molecule has 4 rings (SSSR count). The number of benzene rings is 3. The Kier molecular flexibility index (Phi) is 5.43. The summed E-state index contributed by atoms with van der Waals surface area (Å²) >= 11 is 0. The summed E-state index contributed by atoms with van der Waals surface area (Å²) in [5, 5.41) is 3.43. The van der Waals surface area contributed by atoms with Gasteiger partial charge in [0.25, 0.3) is 0 Å². The lowest BCUT2D eigenvalue weighted by atomic mass is 9.91. The van der Waals surface area contributed by atoms with Crippen LogP contribution in [0.15, 0.2) is 78.9 Å². The summed E-state index contributed by atoms with van der Waals surface area (Å²) in [6.07, 6.45) is 3.09. The maximum absolute atomic E-state index is 13.3. The van der Waals surface area contributed by atoms with Crippen molar-refractivity contribution in [2.45, 2.75) is 38.3 Å². The van der Waals surface area contributed by atoms with Gasteiger partial charge in [0.1, 0.15) is 11.8 Å². The van der Waals surface area contributed by atoms with E-state index in [1.807, 2.05) is 54.6 Å². The predicted molar refractivity (Wildman–Crippen MR) is 113 cm³/mol. The van der Waals surface area contributed by atoms with Crippen LogP contribution in [0.5, 0.6) is 5.75 Å².